The number of aryl methyl sites for hydroxylation is 1. The zero-order chi connectivity index (χ0) is 21.6. The van der Waals surface area contributed by atoms with E-state index in [1.54, 1.807) is 6.08 Å². The van der Waals surface area contributed by atoms with Crippen molar-refractivity contribution in [2.45, 2.75) is 32.3 Å². The van der Waals surface area contributed by atoms with E-state index in [-0.39, 0.29) is 11.5 Å². The topological polar surface area (TPSA) is 75.6 Å². The summed E-state index contributed by atoms with van der Waals surface area (Å²) in [5.41, 5.74) is 3.03. The Balaban J connectivity index is 1.42. The smallest absolute Gasteiger partial charge is 0.339 e. The van der Waals surface area contributed by atoms with E-state index in [0.717, 1.165) is 47.3 Å². The molecule has 1 aliphatic carbocycles. The number of carboxylic acids is 1. The molecule has 0 bridgehead atoms. The average molecular weight is 434 g/mol. The van der Waals surface area contributed by atoms with Gasteiger partial charge in [-0.1, -0.05) is 42.5 Å². The highest BCUT2D eigenvalue weighted by molar-refractivity contribution is 7.17. The molecule has 4 rings (SSSR count). The molecule has 1 aliphatic rings. The van der Waals surface area contributed by atoms with Crippen LogP contribution in [0.15, 0.2) is 60.7 Å². The predicted molar refractivity (Wildman–Crippen MR) is 123 cm³/mol. The number of hydrogen-bond donors (Lipinski definition) is 2. The first kappa shape index (κ1) is 20.9. The Kier molecular flexibility index (Phi) is 6.48. The van der Waals surface area contributed by atoms with Gasteiger partial charge >= 0.3 is 5.97 Å². The first-order chi connectivity index (χ1) is 15.1. The van der Waals surface area contributed by atoms with E-state index < -0.39 is 5.97 Å². The standard InChI is InChI=1S/C25H23NO4S/c27-22(26-24-23(25(28)29)20-11-4-5-12-21(20)31-24)14-13-17-9-6-10-19(15-17)30-16-18-7-2-1-3-8-18/h1-3,6-10,13-15H,4-5,11-12,16H2,(H,26,27)(H,28,29)/b14-13+. The highest BCUT2D eigenvalue weighted by Crippen LogP contribution is 2.38. The minimum atomic E-state index is -0.984. The molecule has 2 N–H and O–H groups in total. The Morgan fingerprint density at radius 3 is 2.68 bits per heavy atom. The molecule has 0 unspecified atom stereocenters. The number of fused-ring (bicyclic) bond motifs is 1. The summed E-state index contributed by atoms with van der Waals surface area (Å²) in [7, 11) is 0. The second kappa shape index (κ2) is 9.62. The quantitative estimate of drug-likeness (QED) is 0.479. The number of benzene rings is 2. The first-order valence-corrected chi connectivity index (χ1v) is 11.1. The van der Waals surface area contributed by atoms with Crippen LogP contribution in [0.2, 0.25) is 0 Å². The van der Waals surface area contributed by atoms with E-state index in [1.165, 1.54) is 17.4 Å². The molecule has 0 atom stereocenters. The van der Waals surface area contributed by atoms with Crippen LogP contribution in [0.1, 0.15) is 44.8 Å². The van der Waals surface area contributed by atoms with E-state index in [2.05, 4.69) is 5.32 Å². The van der Waals surface area contributed by atoms with Gasteiger partial charge in [0.25, 0.3) is 0 Å². The van der Waals surface area contributed by atoms with Crippen molar-refractivity contribution in [3.8, 4) is 5.75 Å². The van der Waals surface area contributed by atoms with Crippen LogP contribution < -0.4 is 10.1 Å². The lowest BCUT2D eigenvalue weighted by Gasteiger charge is -2.10. The molecular weight excluding hydrogens is 410 g/mol. The number of carboxylic acid groups (broad SMARTS) is 1. The van der Waals surface area contributed by atoms with Gasteiger partial charge in [0.1, 0.15) is 17.4 Å². The molecule has 0 spiro atoms. The van der Waals surface area contributed by atoms with Gasteiger partial charge in [0, 0.05) is 11.0 Å². The van der Waals surface area contributed by atoms with E-state index >= 15 is 0 Å². The molecule has 0 aliphatic heterocycles. The summed E-state index contributed by atoms with van der Waals surface area (Å²) in [6, 6.07) is 17.4. The van der Waals surface area contributed by atoms with E-state index in [4.69, 9.17) is 4.74 Å². The minimum Gasteiger partial charge on any atom is -0.489 e. The third-order valence-corrected chi connectivity index (χ3v) is 6.36. The maximum absolute atomic E-state index is 12.5. The van der Waals surface area contributed by atoms with Crippen LogP contribution in [0, 0.1) is 0 Å². The number of carbonyl (C=O) groups is 2. The fourth-order valence-corrected chi connectivity index (χ4v) is 4.94. The molecule has 0 radical (unpaired) electrons. The van der Waals surface area contributed by atoms with Gasteiger partial charge in [-0.15, -0.1) is 11.3 Å². The summed E-state index contributed by atoms with van der Waals surface area (Å²) in [5.74, 6) is -0.621. The van der Waals surface area contributed by atoms with Gasteiger partial charge in [-0.05, 0) is 60.6 Å². The van der Waals surface area contributed by atoms with Gasteiger partial charge in [-0.2, -0.15) is 0 Å². The van der Waals surface area contributed by atoms with Crippen molar-refractivity contribution in [1.82, 2.24) is 0 Å². The molecule has 0 fully saturated rings. The van der Waals surface area contributed by atoms with Crippen molar-refractivity contribution in [3.63, 3.8) is 0 Å². The zero-order valence-corrected chi connectivity index (χ0v) is 17.8. The van der Waals surface area contributed by atoms with Gasteiger partial charge in [-0.3, -0.25) is 4.79 Å². The monoisotopic (exact) mass is 433 g/mol. The normalized spacial score (nSPS) is 13.0. The predicted octanol–water partition coefficient (Wildman–Crippen LogP) is 5.56. The van der Waals surface area contributed by atoms with Crippen molar-refractivity contribution in [3.05, 3.63) is 87.8 Å². The minimum absolute atomic E-state index is 0.248. The number of nitrogens with one attached hydrogen (secondary N) is 1. The van der Waals surface area contributed by atoms with Crippen LogP contribution in [0.5, 0.6) is 5.75 Å². The molecule has 3 aromatic rings. The summed E-state index contributed by atoms with van der Waals surface area (Å²) >= 11 is 1.38. The largest absolute Gasteiger partial charge is 0.489 e. The molecule has 6 heteroatoms. The summed E-state index contributed by atoms with van der Waals surface area (Å²) in [6.07, 6.45) is 6.79. The Hall–Kier alpha value is -3.38. The number of ether oxygens (including phenoxy) is 1. The maximum atomic E-state index is 12.5. The lowest BCUT2D eigenvalue weighted by Crippen LogP contribution is -2.11. The Morgan fingerprint density at radius 1 is 1.06 bits per heavy atom. The van der Waals surface area contributed by atoms with Gasteiger partial charge in [0.05, 0.1) is 5.56 Å². The van der Waals surface area contributed by atoms with Crippen LogP contribution in [0.3, 0.4) is 0 Å². The number of rotatable bonds is 7. The number of aromatic carboxylic acids is 1. The SMILES string of the molecule is O=C(/C=C/c1cccc(OCc2ccccc2)c1)Nc1sc2c(c1C(=O)O)CCCC2. The van der Waals surface area contributed by atoms with Gasteiger partial charge < -0.3 is 15.2 Å². The van der Waals surface area contributed by atoms with Crippen molar-refractivity contribution < 1.29 is 19.4 Å². The molecule has 5 nitrogen and oxygen atoms in total. The molecule has 1 heterocycles. The fourth-order valence-electron chi connectivity index (χ4n) is 3.65. The van der Waals surface area contributed by atoms with Crippen LogP contribution in [0.4, 0.5) is 5.00 Å². The number of hydrogen-bond acceptors (Lipinski definition) is 4. The molecular formula is C25H23NO4S. The van der Waals surface area contributed by atoms with E-state index in [0.29, 0.717) is 17.4 Å². The number of carbonyl (C=O) groups excluding carboxylic acids is 1. The molecule has 0 saturated heterocycles. The van der Waals surface area contributed by atoms with Crippen LogP contribution in [-0.2, 0) is 24.2 Å². The number of amides is 1. The van der Waals surface area contributed by atoms with Crippen LogP contribution in [-0.4, -0.2) is 17.0 Å². The number of anilines is 1. The van der Waals surface area contributed by atoms with Gasteiger partial charge in [-0.25, -0.2) is 4.79 Å². The van der Waals surface area contributed by atoms with Crippen LogP contribution in [0.25, 0.3) is 6.08 Å². The van der Waals surface area contributed by atoms with Crippen molar-refractivity contribution >= 4 is 34.3 Å². The van der Waals surface area contributed by atoms with Crippen molar-refractivity contribution in [1.29, 1.82) is 0 Å². The highest BCUT2D eigenvalue weighted by atomic mass is 32.1. The first-order valence-electron chi connectivity index (χ1n) is 10.2. The Morgan fingerprint density at radius 2 is 1.87 bits per heavy atom. The summed E-state index contributed by atoms with van der Waals surface area (Å²) in [4.78, 5) is 25.3. The zero-order valence-electron chi connectivity index (χ0n) is 17.0. The van der Waals surface area contributed by atoms with Gasteiger partial charge in [0.15, 0.2) is 0 Å². The van der Waals surface area contributed by atoms with E-state index in [9.17, 15) is 14.7 Å². The average Bonchev–Trinajstić information content (AvgIpc) is 3.15. The molecule has 2 aromatic carbocycles. The Bertz CT molecular complexity index is 1120. The summed E-state index contributed by atoms with van der Waals surface area (Å²) in [5, 5.41) is 12.8. The second-order valence-electron chi connectivity index (χ2n) is 7.39. The fraction of sp³-hybridized carbons (Fsp3) is 0.200. The molecule has 1 aromatic heterocycles. The maximum Gasteiger partial charge on any atom is 0.339 e. The van der Waals surface area contributed by atoms with Crippen molar-refractivity contribution in [2.24, 2.45) is 0 Å². The highest BCUT2D eigenvalue weighted by Gasteiger charge is 2.25. The summed E-state index contributed by atoms with van der Waals surface area (Å²) < 4.78 is 5.83. The van der Waals surface area contributed by atoms with E-state index in [1.807, 2.05) is 54.6 Å². The Labute approximate surface area is 185 Å². The number of thiophene rings is 1. The second-order valence-corrected chi connectivity index (χ2v) is 8.49. The van der Waals surface area contributed by atoms with Crippen molar-refractivity contribution in [2.75, 3.05) is 5.32 Å². The summed E-state index contributed by atoms with van der Waals surface area (Å²) in [6.45, 7) is 0.468. The van der Waals surface area contributed by atoms with Gasteiger partial charge in [0.2, 0.25) is 5.91 Å². The van der Waals surface area contributed by atoms with Crippen LogP contribution >= 0.6 is 11.3 Å². The lowest BCUT2D eigenvalue weighted by atomic mass is 9.95. The molecule has 1 amide bonds. The molecule has 0 saturated carbocycles. The third-order valence-electron chi connectivity index (χ3n) is 5.16. The third kappa shape index (κ3) is 5.22. The lowest BCUT2D eigenvalue weighted by molar-refractivity contribution is -0.111. The molecule has 158 valence electrons. The molecule has 31 heavy (non-hydrogen) atoms.